The molecule has 20 heavy (non-hydrogen) atoms. The van der Waals surface area contributed by atoms with Crippen molar-refractivity contribution in [2.75, 3.05) is 7.05 Å². The van der Waals surface area contributed by atoms with E-state index < -0.39 is 0 Å². The fraction of sp³-hybridized carbons (Fsp3) is 0.333. The van der Waals surface area contributed by atoms with Gasteiger partial charge in [-0.15, -0.1) is 0 Å². The number of nitrogens with one attached hydrogen (secondary N) is 1. The van der Waals surface area contributed by atoms with Crippen LogP contribution >= 0.6 is 0 Å². The van der Waals surface area contributed by atoms with Crippen molar-refractivity contribution in [1.82, 2.24) is 15.1 Å². The van der Waals surface area contributed by atoms with E-state index in [4.69, 9.17) is 4.74 Å². The van der Waals surface area contributed by atoms with Crippen LogP contribution in [0.25, 0.3) is 0 Å². The lowest BCUT2D eigenvalue weighted by Gasteiger charge is -2.16. The monoisotopic (exact) mass is 273 g/mol. The van der Waals surface area contributed by atoms with Crippen LogP contribution in [-0.4, -0.2) is 34.2 Å². The van der Waals surface area contributed by atoms with Crippen molar-refractivity contribution in [3.8, 4) is 5.75 Å². The number of rotatable bonds is 5. The van der Waals surface area contributed by atoms with Crippen molar-refractivity contribution in [3.05, 3.63) is 47.8 Å². The van der Waals surface area contributed by atoms with Crippen LogP contribution in [0.5, 0.6) is 5.75 Å². The van der Waals surface area contributed by atoms with Crippen LogP contribution < -0.4 is 4.74 Å². The van der Waals surface area contributed by atoms with E-state index in [1.54, 1.807) is 36.5 Å². The molecule has 1 amide bonds. The lowest BCUT2D eigenvalue weighted by molar-refractivity contribution is 0.0785. The summed E-state index contributed by atoms with van der Waals surface area (Å²) in [6.45, 7) is 4.47. The molecule has 0 saturated carbocycles. The van der Waals surface area contributed by atoms with Gasteiger partial charge < -0.3 is 9.64 Å². The maximum Gasteiger partial charge on any atom is 0.253 e. The Kier molecular flexibility index (Phi) is 4.40. The summed E-state index contributed by atoms with van der Waals surface area (Å²) in [6.07, 6.45) is 3.62. The summed E-state index contributed by atoms with van der Waals surface area (Å²) in [5.74, 6) is 0.747. The molecule has 106 valence electrons. The minimum atomic E-state index is -0.0257. The first-order chi connectivity index (χ1) is 9.56. The number of hydrogen-bond acceptors (Lipinski definition) is 3. The second-order valence-corrected chi connectivity index (χ2v) is 4.96. The molecule has 2 aromatic rings. The first kappa shape index (κ1) is 14.1. The number of amides is 1. The number of hydrogen-bond donors (Lipinski definition) is 1. The molecule has 1 heterocycles. The minimum Gasteiger partial charge on any atom is -0.491 e. The van der Waals surface area contributed by atoms with Crippen LogP contribution in [0.15, 0.2) is 36.7 Å². The lowest BCUT2D eigenvalue weighted by Crippen LogP contribution is -2.25. The number of benzene rings is 1. The highest BCUT2D eigenvalue weighted by Crippen LogP contribution is 2.15. The Hall–Kier alpha value is -2.30. The van der Waals surface area contributed by atoms with Gasteiger partial charge in [0.1, 0.15) is 5.75 Å². The summed E-state index contributed by atoms with van der Waals surface area (Å²) >= 11 is 0. The second-order valence-electron chi connectivity index (χ2n) is 4.96. The molecule has 5 heteroatoms. The highest BCUT2D eigenvalue weighted by Gasteiger charge is 2.12. The van der Waals surface area contributed by atoms with Gasteiger partial charge >= 0.3 is 0 Å². The normalized spacial score (nSPS) is 10.6. The van der Waals surface area contributed by atoms with E-state index in [0.717, 1.165) is 11.3 Å². The summed E-state index contributed by atoms with van der Waals surface area (Å²) in [5, 5.41) is 6.60. The van der Waals surface area contributed by atoms with Crippen molar-refractivity contribution in [3.63, 3.8) is 0 Å². The van der Waals surface area contributed by atoms with Gasteiger partial charge in [-0.1, -0.05) is 0 Å². The average molecular weight is 273 g/mol. The molecular formula is C15H19N3O2. The molecule has 0 bridgehead atoms. The molecule has 0 saturated heterocycles. The fourth-order valence-electron chi connectivity index (χ4n) is 1.88. The SMILES string of the molecule is CC(C)Oc1ccc(C(=O)N(C)Cc2cn[nH]c2)cc1. The molecule has 1 N–H and O–H groups in total. The molecular weight excluding hydrogens is 254 g/mol. The Balaban J connectivity index is 2.01. The van der Waals surface area contributed by atoms with E-state index in [1.807, 2.05) is 26.0 Å². The predicted octanol–water partition coefficient (Wildman–Crippen LogP) is 2.47. The first-order valence-electron chi connectivity index (χ1n) is 6.56. The molecule has 0 aliphatic carbocycles. The van der Waals surface area contributed by atoms with Gasteiger partial charge in [0.25, 0.3) is 5.91 Å². The van der Waals surface area contributed by atoms with Gasteiger partial charge in [-0.25, -0.2) is 0 Å². The Bertz CT molecular complexity index is 547. The molecule has 0 aliphatic rings. The average Bonchev–Trinajstić information content (AvgIpc) is 2.91. The van der Waals surface area contributed by atoms with Crippen LogP contribution in [0.3, 0.4) is 0 Å². The van der Waals surface area contributed by atoms with Crippen molar-refractivity contribution in [2.24, 2.45) is 0 Å². The van der Waals surface area contributed by atoms with Gasteiger partial charge in [0, 0.05) is 30.9 Å². The molecule has 2 rings (SSSR count). The lowest BCUT2D eigenvalue weighted by atomic mass is 10.2. The highest BCUT2D eigenvalue weighted by molar-refractivity contribution is 5.94. The molecule has 0 unspecified atom stereocenters. The van der Waals surface area contributed by atoms with Crippen LogP contribution in [0.4, 0.5) is 0 Å². The van der Waals surface area contributed by atoms with Crippen LogP contribution in [0.1, 0.15) is 29.8 Å². The molecule has 0 radical (unpaired) electrons. The third kappa shape index (κ3) is 3.60. The van der Waals surface area contributed by atoms with Gasteiger partial charge in [0.15, 0.2) is 0 Å². The zero-order valence-electron chi connectivity index (χ0n) is 12.0. The quantitative estimate of drug-likeness (QED) is 0.910. The van der Waals surface area contributed by atoms with E-state index in [-0.39, 0.29) is 12.0 Å². The third-order valence-electron chi connectivity index (χ3n) is 2.79. The van der Waals surface area contributed by atoms with Crippen LogP contribution in [0.2, 0.25) is 0 Å². The van der Waals surface area contributed by atoms with Crippen LogP contribution in [-0.2, 0) is 6.54 Å². The number of ether oxygens (including phenoxy) is 1. The first-order valence-corrected chi connectivity index (χ1v) is 6.56. The summed E-state index contributed by atoms with van der Waals surface area (Å²) < 4.78 is 5.56. The molecule has 0 spiro atoms. The molecule has 0 atom stereocenters. The van der Waals surface area contributed by atoms with Crippen molar-refractivity contribution in [2.45, 2.75) is 26.5 Å². The number of carbonyl (C=O) groups excluding carboxylic acids is 1. The second kappa shape index (κ2) is 6.23. The smallest absolute Gasteiger partial charge is 0.253 e. The summed E-state index contributed by atoms with van der Waals surface area (Å²) in [4.78, 5) is 13.9. The Labute approximate surface area is 118 Å². The van der Waals surface area contributed by atoms with Crippen molar-refractivity contribution in [1.29, 1.82) is 0 Å². The zero-order valence-corrected chi connectivity index (χ0v) is 12.0. The van der Waals surface area contributed by atoms with E-state index in [1.165, 1.54) is 0 Å². The minimum absolute atomic E-state index is 0.0257. The summed E-state index contributed by atoms with van der Waals surface area (Å²) in [7, 11) is 1.77. The van der Waals surface area contributed by atoms with Gasteiger partial charge in [-0.2, -0.15) is 5.10 Å². The molecule has 0 fully saturated rings. The number of H-pyrrole nitrogens is 1. The predicted molar refractivity (Wildman–Crippen MR) is 76.6 cm³/mol. The fourth-order valence-corrected chi connectivity index (χ4v) is 1.88. The van der Waals surface area contributed by atoms with Gasteiger partial charge in [0.2, 0.25) is 0 Å². The van der Waals surface area contributed by atoms with Crippen molar-refractivity contribution < 1.29 is 9.53 Å². The largest absolute Gasteiger partial charge is 0.491 e. The number of aromatic nitrogens is 2. The molecule has 1 aromatic heterocycles. The summed E-state index contributed by atoms with van der Waals surface area (Å²) in [6, 6.07) is 7.20. The highest BCUT2D eigenvalue weighted by atomic mass is 16.5. The Morgan fingerprint density at radius 3 is 2.60 bits per heavy atom. The summed E-state index contributed by atoms with van der Waals surface area (Å²) in [5.41, 5.74) is 1.62. The number of nitrogens with zero attached hydrogens (tertiary/aromatic N) is 2. The van der Waals surface area contributed by atoms with Gasteiger partial charge in [0.05, 0.1) is 12.3 Å². The molecule has 0 aliphatic heterocycles. The van der Waals surface area contributed by atoms with Gasteiger partial charge in [-0.3, -0.25) is 9.89 Å². The Morgan fingerprint density at radius 2 is 2.05 bits per heavy atom. The van der Waals surface area contributed by atoms with Crippen molar-refractivity contribution >= 4 is 5.91 Å². The standard InChI is InChI=1S/C15H19N3O2/c1-11(2)20-14-6-4-13(5-7-14)15(19)18(3)10-12-8-16-17-9-12/h4-9,11H,10H2,1-3H3,(H,16,17). The van der Waals surface area contributed by atoms with E-state index >= 15 is 0 Å². The molecule has 1 aromatic carbocycles. The van der Waals surface area contributed by atoms with E-state index in [9.17, 15) is 4.79 Å². The topological polar surface area (TPSA) is 58.2 Å². The number of carbonyl (C=O) groups is 1. The van der Waals surface area contributed by atoms with Crippen LogP contribution in [0, 0.1) is 0 Å². The van der Waals surface area contributed by atoms with E-state index in [0.29, 0.717) is 12.1 Å². The maximum atomic E-state index is 12.3. The van der Waals surface area contributed by atoms with Gasteiger partial charge in [-0.05, 0) is 38.1 Å². The maximum absolute atomic E-state index is 12.3. The molecule has 5 nitrogen and oxygen atoms in total. The number of aromatic amines is 1. The van der Waals surface area contributed by atoms with E-state index in [2.05, 4.69) is 10.2 Å². The Morgan fingerprint density at radius 1 is 1.35 bits per heavy atom. The third-order valence-corrected chi connectivity index (χ3v) is 2.79. The zero-order chi connectivity index (χ0) is 14.5.